The van der Waals surface area contributed by atoms with Crippen LogP contribution in [0.1, 0.15) is 30.9 Å². The summed E-state index contributed by atoms with van der Waals surface area (Å²) in [7, 11) is 0. The molecular formula is C23H29N5O5. The van der Waals surface area contributed by atoms with Gasteiger partial charge in [-0.2, -0.15) is 5.10 Å². The average molecular weight is 456 g/mol. The van der Waals surface area contributed by atoms with E-state index < -0.39 is 18.1 Å². The minimum Gasteiger partial charge on any atom is -0.493 e. The Bertz CT molecular complexity index is 974. The van der Waals surface area contributed by atoms with Gasteiger partial charge in [0.05, 0.1) is 6.61 Å². The predicted molar refractivity (Wildman–Crippen MR) is 125 cm³/mol. The third kappa shape index (κ3) is 10.2. The van der Waals surface area contributed by atoms with Gasteiger partial charge < -0.3 is 31.4 Å². The van der Waals surface area contributed by atoms with Crippen molar-refractivity contribution < 1.29 is 24.2 Å². The Morgan fingerprint density at radius 3 is 2.48 bits per heavy atom. The zero-order valence-electron chi connectivity index (χ0n) is 18.4. The molecule has 10 nitrogen and oxygen atoms in total. The molecule has 176 valence electrons. The summed E-state index contributed by atoms with van der Waals surface area (Å²) in [5, 5.41) is 19.3. The third-order valence-corrected chi connectivity index (χ3v) is 4.49. The Balaban J connectivity index is 1.79. The number of aryl methyl sites for hydroxylation is 1. The number of carboxylic acids is 1. The van der Waals surface area contributed by atoms with Crippen LogP contribution < -0.4 is 21.5 Å². The fourth-order valence-electron chi connectivity index (χ4n) is 2.77. The van der Waals surface area contributed by atoms with Crippen LogP contribution in [0.15, 0.2) is 64.8 Å². The van der Waals surface area contributed by atoms with Gasteiger partial charge in [-0.05, 0) is 43.0 Å². The SMILES string of the molecule is CC(CCc1cccc(OCCC(NC(=O)OCc2ccccc2)C(=O)O)c1)=NN=C(N)N. The number of carbonyl (C=O) groups excluding carboxylic acids is 1. The quantitative estimate of drug-likeness (QED) is 0.217. The largest absolute Gasteiger partial charge is 0.493 e. The van der Waals surface area contributed by atoms with Gasteiger partial charge in [0.25, 0.3) is 0 Å². The van der Waals surface area contributed by atoms with E-state index in [1.165, 1.54) is 0 Å². The van der Waals surface area contributed by atoms with Crippen LogP contribution in [0.25, 0.3) is 0 Å². The van der Waals surface area contributed by atoms with Crippen LogP contribution in [0.3, 0.4) is 0 Å². The number of carboxylic acid groups (broad SMARTS) is 1. The number of ether oxygens (including phenoxy) is 2. The maximum absolute atomic E-state index is 12.0. The highest BCUT2D eigenvalue weighted by Gasteiger charge is 2.20. The highest BCUT2D eigenvalue weighted by atomic mass is 16.5. The van der Waals surface area contributed by atoms with Crippen LogP contribution in [0.2, 0.25) is 0 Å². The molecule has 1 atom stereocenters. The molecule has 2 rings (SSSR count). The summed E-state index contributed by atoms with van der Waals surface area (Å²) in [5.41, 5.74) is 13.1. The minimum atomic E-state index is -1.17. The van der Waals surface area contributed by atoms with Crippen LogP contribution in [-0.2, 0) is 22.6 Å². The highest BCUT2D eigenvalue weighted by molar-refractivity contribution is 5.83. The van der Waals surface area contributed by atoms with Crippen molar-refractivity contribution in [1.82, 2.24) is 5.32 Å². The molecule has 2 aromatic carbocycles. The molecule has 2 aromatic rings. The second-order valence-electron chi connectivity index (χ2n) is 7.24. The Kier molecular flexibility index (Phi) is 10.2. The van der Waals surface area contributed by atoms with Crippen LogP contribution in [-0.4, -0.2) is 41.5 Å². The first-order valence-corrected chi connectivity index (χ1v) is 10.4. The predicted octanol–water partition coefficient (Wildman–Crippen LogP) is 2.42. The van der Waals surface area contributed by atoms with E-state index >= 15 is 0 Å². The Labute approximate surface area is 192 Å². The number of nitrogens with one attached hydrogen (secondary N) is 1. The van der Waals surface area contributed by atoms with Crippen molar-refractivity contribution in [3.63, 3.8) is 0 Å². The molecule has 0 saturated carbocycles. The number of nitrogens with two attached hydrogens (primary N) is 2. The Hall–Kier alpha value is -4.08. The molecule has 1 amide bonds. The molecular weight excluding hydrogens is 426 g/mol. The van der Waals surface area contributed by atoms with Crippen LogP contribution in [0, 0.1) is 0 Å². The Morgan fingerprint density at radius 1 is 1.06 bits per heavy atom. The summed E-state index contributed by atoms with van der Waals surface area (Å²) >= 11 is 0. The van der Waals surface area contributed by atoms with Crippen LogP contribution in [0.5, 0.6) is 5.75 Å². The maximum Gasteiger partial charge on any atom is 0.408 e. The molecule has 0 aromatic heterocycles. The van der Waals surface area contributed by atoms with Gasteiger partial charge >= 0.3 is 12.1 Å². The van der Waals surface area contributed by atoms with Crippen LogP contribution in [0.4, 0.5) is 4.79 Å². The summed E-state index contributed by atoms with van der Waals surface area (Å²) < 4.78 is 10.8. The highest BCUT2D eigenvalue weighted by Crippen LogP contribution is 2.15. The van der Waals surface area contributed by atoms with Gasteiger partial charge in [0.1, 0.15) is 18.4 Å². The first kappa shape index (κ1) is 25.2. The standard InChI is InChI=1S/C23H29N5O5/c1-16(27-28-22(24)25)10-11-17-8-5-9-19(14-17)32-13-12-20(21(29)30)26-23(31)33-15-18-6-3-2-4-7-18/h2-9,14,20H,10-13,15H2,1H3,(H,26,31)(H,29,30)(H4,24,25,28). The lowest BCUT2D eigenvalue weighted by Crippen LogP contribution is -2.42. The molecule has 0 aliphatic carbocycles. The van der Waals surface area contributed by atoms with E-state index in [1.54, 1.807) is 6.07 Å². The molecule has 1 unspecified atom stereocenters. The third-order valence-electron chi connectivity index (χ3n) is 4.49. The number of nitrogens with zero attached hydrogens (tertiary/aromatic N) is 2. The molecule has 0 aliphatic heterocycles. The van der Waals surface area contributed by atoms with Gasteiger partial charge in [-0.25, -0.2) is 9.59 Å². The Morgan fingerprint density at radius 2 is 1.79 bits per heavy atom. The fourth-order valence-corrected chi connectivity index (χ4v) is 2.77. The first-order chi connectivity index (χ1) is 15.8. The molecule has 6 N–H and O–H groups in total. The van der Waals surface area contributed by atoms with Crippen molar-refractivity contribution in [1.29, 1.82) is 0 Å². The van der Waals surface area contributed by atoms with Crippen molar-refractivity contribution in [3.8, 4) is 5.75 Å². The molecule has 33 heavy (non-hydrogen) atoms. The van der Waals surface area contributed by atoms with Gasteiger partial charge in [0, 0.05) is 12.1 Å². The zero-order chi connectivity index (χ0) is 24.1. The summed E-state index contributed by atoms with van der Waals surface area (Å²) in [6.45, 7) is 1.99. The van der Waals surface area contributed by atoms with Gasteiger partial charge in [-0.15, -0.1) is 5.10 Å². The van der Waals surface area contributed by atoms with E-state index in [2.05, 4.69) is 15.5 Å². The second kappa shape index (κ2) is 13.4. The average Bonchev–Trinajstić information content (AvgIpc) is 2.80. The molecule has 0 saturated heterocycles. The number of alkyl carbamates (subject to hydrolysis) is 1. The van der Waals surface area contributed by atoms with Gasteiger partial charge in [0.15, 0.2) is 0 Å². The molecule has 10 heteroatoms. The van der Waals surface area contributed by atoms with E-state index in [4.69, 9.17) is 20.9 Å². The van der Waals surface area contributed by atoms with E-state index in [1.807, 2.05) is 55.5 Å². The first-order valence-electron chi connectivity index (χ1n) is 10.4. The fraction of sp³-hybridized carbons (Fsp3) is 0.304. The lowest BCUT2D eigenvalue weighted by Gasteiger charge is -2.15. The number of carbonyl (C=O) groups is 2. The summed E-state index contributed by atoms with van der Waals surface area (Å²) in [6.07, 6.45) is 0.644. The van der Waals surface area contributed by atoms with Gasteiger partial charge in [-0.3, -0.25) is 0 Å². The summed E-state index contributed by atoms with van der Waals surface area (Å²) in [5.74, 6) is -0.662. The number of rotatable bonds is 12. The summed E-state index contributed by atoms with van der Waals surface area (Å²) in [4.78, 5) is 23.4. The van der Waals surface area contributed by atoms with Crippen molar-refractivity contribution >= 4 is 23.7 Å². The zero-order valence-corrected chi connectivity index (χ0v) is 18.4. The molecule has 0 aliphatic rings. The number of amides is 1. The molecule has 0 bridgehead atoms. The van der Waals surface area contributed by atoms with Crippen molar-refractivity contribution in [2.24, 2.45) is 21.7 Å². The van der Waals surface area contributed by atoms with Crippen LogP contribution >= 0.6 is 0 Å². The van der Waals surface area contributed by atoms with E-state index in [0.717, 1.165) is 16.8 Å². The summed E-state index contributed by atoms with van der Waals surface area (Å²) in [6, 6.07) is 15.4. The van der Waals surface area contributed by atoms with Gasteiger partial charge in [-0.1, -0.05) is 42.5 Å². The molecule has 0 radical (unpaired) electrons. The normalized spacial score (nSPS) is 11.8. The van der Waals surface area contributed by atoms with E-state index in [-0.39, 0.29) is 25.6 Å². The number of benzene rings is 2. The lowest BCUT2D eigenvalue weighted by atomic mass is 10.1. The van der Waals surface area contributed by atoms with Crippen molar-refractivity contribution in [2.45, 2.75) is 38.8 Å². The number of guanidine groups is 1. The number of hydrogen-bond acceptors (Lipinski definition) is 6. The molecule has 0 fully saturated rings. The minimum absolute atomic E-state index is 0.0540. The van der Waals surface area contributed by atoms with Crippen molar-refractivity contribution in [2.75, 3.05) is 6.61 Å². The topological polar surface area (TPSA) is 162 Å². The van der Waals surface area contributed by atoms with Gasteiger partial charge in [0.2, 0.25) is 5.96 Å². The maximum atomic E-state index is 12.0. The smallest absolute Gasteiger partial charge is 0.408 e. The number of aliphatic carboxylic acids is 1. The molecule has 0 spiro atoms. The van der Waals surface area contributed by atoms with E-state index in [9.17, 15) is 14.7 Å². The lowest BCUT2D eigenvalue weighted by molar-refractivity contribution is -0.139. The van der Waals surface area contributed by atoms with E-state index in [0.29, 0.717) is 18.6 Å². The molecule has 0 heterocycles. The second-order valence-corrected chi connectivity index (χ2v) is 7.24. The number of hydrogen-bond donors (Lipinski definition) is 4. The monoisotopic (exact) mass is 455 g/mol. The van der Waals surface area contributed by atoms with Crippen molar-refractivity contribution in [3.05, 3.63) is 65.7 Å².